The number of nitrogens with zero attached hydrogens (tertiary/aromatic N) is 1. The molecule has 5 heteroatoms. The molecule has 0 aliphatic carbocycles. The lowest BCUT2D eigenvalue weighted by molar-refractivity contribution is 0.484. The number of nitrogens with two attached hydrogens (primary N) is 1. The Morgan fingerprint density at radius 3 is 2.78 bits per heavy atom. The lowest BCUT2D eigenvalue weighted by Crippen LogP contribution is -2.30. The number of halogens is 1. The van der Waals surface area contributed by atoms with Gasteiger partial charge in [0.2, 0.25) is 0 Å². The number of para-hydroxylation sites is 2. The van der Waals surface area contributed by atoms with E-state index >= 15 is 0 Å². The van der Waals surface area contributed by atoms with Crippen LogP contribution < -0.4 is 16.0 Å². The lowest BCUT2D eigenvalue weighted by atomic mass is 10.2. The summed E-state index contributed by atoms with van der Waals surface area (Å²) in [6.45, 7) is 0. The van der Waals surface area contributed by atoms with Crippen molar-refractivity contribution in [1.29, 1.82) is 0 Å². The van der Waals surface area contributed by atoms with E-state index in [1.54, 1.807) is 18.2 Å². The van der Waals surface area contributed by atoms with Crippen LogP contribution in [0.3, 0.4) is 0 Å². The summed E-state index contributed by atoms with van der Waals surface area (Å²) in [6, 6.07) is 12.8. The van der Waals surface area contributed by atoms with Gasteiger partial charge in [0.15, 0.2) is 11.6 Å². The van der Waals surface area contributed by atoms with Gasteiger partial charge in [0.25, 0.3) is 0 Å². The molecule has 2 aromatic rings. The number of rotatable bonds is 0. The van der Waals surface area contributed by atoms with Gasteiger partial charge in [-0.25, -0.2) is 10.8 Å². The number of hydrogen-bond acceptors (Lipinski definition) is 4. The summed E-state index contributed by atoms with van der Waals surface area (Å²) in [5, 5.41) is 0.603. The van der Waals surface area contributed by atoms with Crippen molar-refractivity contribution in [2.75, 3.05) is 0 Å². The van der Waals surface area contributed by atoms with Gasteiger partial charge in [0.1, 0.15) is 11.4 Å². The molecule has 3 rings (SSSR count). The Balaban J connectivity index is 2.24. The Morgan fingerprint density at radius 1 is 1.11 bits per heavy atom. The van der Waals surface area contributed by atoms with Gasteiger partial charge in [-0.15, -0.1) is 0 Å². The first-order valence-electron chi connectivity index (χ1n) is 5.40. The molecule has 0 unspecified atom stereocenters. The first-order valence-corrected chi connectivity index (χ1v) is 5.78. The molecule has 90 valence electrons. The number of amidine groups is 1. The van der Waals surface area contributed by atoms with Gasteiger partial charge < -0.3 is 10.2 Å². The third-order valence-electron chi connectivity index (χ3n) is 2.65. The molecule has 0 bridgehead atoms. The van der Waals surface area contributed by atoms with Crippen LogP contribution in [0.1, 0.15) is 5.56 Å². The normalized spacial score (nSPS) is 12.7. The van der Waals surface area contributed by atoms with Crippen molar-refractivity contribution in [2.45, 2.75) is 0 Å². The maximum Gasteiger partial charge on any atom is 0.153 e. The van der Waals surface area contributed by atoms with Gasteiger partial charge in [0, 0.05) is 5.02 Å². The zero-order valence-corrected chi connectivity index (χ0v) is 10.1. The summed E-state index contributed by atoms with van der Waals surface area (Å²) >= 11 is 5.98. The fourth-order valence-electron chi connectivity index (χ4n) is 1.82. The first-order chi connectivity index (χ1) is 8.78. The smallest absolute Gasteiger partial charge is 0.153 e. The Bertz CT molecular complexity index is 640. The summed E-state index contributed by atoms with van der Waals surface area (Å²) in [5.41, 5.74) is 4.04. The second kappa shape index (κ2) is 4.33. The number of fused-ring (bicyclic) bond motifs is 2. The van der Waals surface area contributed by atoms with Crippen LogP contribution in [0.25, 0.3) is 0 Å². The van der Waals surface area contributed by atoms with Crippen LogP contribution in [-0.4, -0.2) is 5.84 Å². The van der Waals surface area contributed by atoms with Crippen LogP contribution in [0.5, 0.6) is 11.5 Å². The highest BCUT2D eigenvalue weighted by Gasteiger charge is 2.17. The van der Waals surface area contributed by atoms with Gasteiger partial charge in [0.05, 0.1) is 5.56 Å². The van der Waals surface area contributed by atoms with Crippen molar-refractivity contribution in [1.82, 2.24) is 5.43 Å². The zero-order chi connectivity index (χ0) is 12.5. The summed E-state index contributed by atoms with van der Waals surface area (Å²) in [6.07, 6.45) is 0. The van der Waals surface area contributed by atoms with Crippen molar-refractivity contribution >= 4 is 23.1 Å². The van der Waals surface area contributed by atoms with Gasteiger partial charge in [-0.2, -0.15) is 0 Å². The molecule has 0 saturated heterocycles. The number of hydrogen-bond donors (Lipinski definition) is 2. The third-order valence-corrected chi connectivity index (χ3v) is 2.89. The van der Waals surface area contributed by atoms with Gasteiger partial charge in [-0.3, -0.25) is 0 Å². The summed E-state index contributed by atoms with van der Waals surface area (Å²) in [4.78, 5) is 4.44. The lowest BCUT2D eigenvalue weighted by Gasteiger charge is -2.09. The Morgan fingerprint density at radius 2 is 1.94 bits per heavy atom. The highest BCUT2D eigenvalue weighted by molar-refractivity contribution is 6.31. The molecular weight excluding hydrogens is 250 g/mol. The highest BCUT2D eigenvalue weighted by atomic mass is 35.5. The summed E-state index contributed by atoms with van der Waals surface area (Å²) in [7, 11) is 0. The number of aliphatic imine (C=N–C) groups is 1. The molecule has 4 nitrogen and oxygen atoms in total. The average Bonchev–Trinajstić information content (AvgIpc) is 2.54. The molecule has 18 heavy (non-hydrogen) atoms. The van der Waals surface area contributed by atoms with E-state index < -0.39 is 0 Å². The molecule has 0 saturated carbocycles. The summed E-state index contributed by atoms with van der Waals surface area (Å²) < 4.78 is 5.82. The molecule has 2 aromatic carbocycles. The van der Waals surface area contributed by atoms with Crippen molar-refractivity contribution in [2.24, 2.45) is 10.8 Å². The second-order valence-electron chi connectivity index (χ2n) is 3.82. The Kier molecular flexibility index (Phi) is 2.66. The van der Waals surface area contributed by atoms with Crippen molar-refractivity contribution < 1.29 is 4.74 Å². The van der Waals surface area contributed by atoms with Gasteiger partial charge >= 0.3 is 0 Å². The zero-order valence-electron chi connectivity index (χ0n) is 9.35. The minimum absolute atomic E-state index is 0.525. The van der Waals surface area contributed by atoms with Crippen LogP contribution in [0, 0.1) is 0 Å². The van der Waals surface area contributed by atoms with E-state index in [1.165, 1.54) is 0 Å². The fraction of sp³-hybridized carbons (Fsp3) is 0. The molecular formula is C13H10ClN3O. The van der Waals surface area contributed by atoms with E-state index in [-0.39, 0.29) is 0 Å². The SMILES string of the molecule is NNC1=Nc2ccccc2Oc2ccc(Cl)cc21. The first kappa shape index (κ1) is 11.1. The van der Waals surface area contributed by atoms with Crippen LogP contribution in [-0.2, 0) is 0 Å². The van der Waals surface area contributed by atoms with Crippen LogP contribution in [0.15, 0.2) is 47.5 Å². The standard InChI is InChI=1S/C13H10ClN3O/c14-8-5-6-11-9(7-8)13(17-15)16-10-3-1-2-4-12(10)18-11/h1-7H,15H2,(H,16,17). The van der Waals surface area contributed by atoms with Crippen LogP contribution in [0.2, 0.25) is 5.02 Å². The van der Waals surface area contributed by atoms with Crippen LogP contribution in [0.4, 0.5) is 5.69 Å². The predicted octanol–water partition coefficient (Wildman–Crippen LogP) is 2.99. The van der Waals surface area contributed by atoms with Crippen molar-refractivity contribution in [3.63, 3.8) is 0 Å². The topological polar surface area (TPSA) is 59.6 Å². The minimum atomic E-state index is 0.525. The molecule has 0 aromatic heterocycles. The van der Waals surface area contributed by atoms with E-state index in [9.17, 15) is 0 Å². The average molecular weight is 260 g/mol. The summed E-state index contributed by atoms with van der Waals surface area (Å²) in [5.74, 6) is 7.39. The minimum Gasteiger partial charge on any atom is -0.454 e. The molecule has 0 spiro atoms. The number of nitrogens with one attached hydrogen (secondary N) is 1. The van der Waals surface area contributed by atoms with E-state index in [2.05, 4.69) is 10.4 Å². The van der Waals surface area contributed by atoms with Crippen molar-refractivity contribution in [3.8, 4) is 11.5 Å². The third kappa shape index (κ3) is 1.81. The Labute approximate surface area is 109 Å². The van der Waals surface area contributed by atoms with Gasteiger partial charge in [-0.1, -0.05) is 23.7 Å². The largest absolute Gasteiger partial charge is 0.454 e. The van der Waals surface area contributed by atoms with E-state index in [0.29, 0.717) is 22.4 Å². The molecule has 1 aliphatic heterocycles. The highest BCUT2D eigenvalue weighted by Crippen LogP contribution is 2.37. The Hall–Kier alpha value is -2.04. The van der Waals surface area contributed by atoms with Gasteiger partial charge in [-0.05, 0) is 30.3 Å². The monoisotopic (exact) mass is 259 g/mol. The molecule has 1 heterocycles. The fourth-order valence-corrected chi connectivity index (χ4v) is 1.99. The maximum atomic E-state index is 5.98. The molecule has 0 atom stereocenters. The molecule has 3 N–H and O–H groups in total. The number of ether oxygens (including phenoxy) is 1. The van der Waals surface area contributed by atoms with E-state index in [1.807, 2.05) is 24.3 Å². The number of hydrazine groups is 1. The molecule has 0 radical (unpaired) electrons. The maximum absolute atomic E-state index is 5.98. The van der Waals surface area contributed by atoms with E-state index in [0.717, 1.165) is 11.3 Å². The van der Waals surface area contributed by atoms with Crippen molar-refractivity contribution in [3.05, 3.63) is 53.1 Å². The second-order valence-corrected chi connectivity index (χ2v) is 4.25. The molecule has 0 amide bonds. The molecule has 0 fully saturated rings. The quantitative estimate of drug-likeness (QED) is 0.565. The molecule has 1 aliphatic rings. The van der Waals surface area contributed by atoms with E-state index in [4.69, 9.17) is 22.2 Å². The predicted molar refractivity (Wildman–Crippen MR) is 71.5 cm³/mol. The number of benzene rings is 2. The van der Waals surface area contributed by atoms with Crippen LogP contribution >= 0.6 is 11.6 Å².